The van der Waals surface area contributed by atoms with Gasteiger partial charge in [-0.05, 0) is 19.1 Å². The summed E-state index contributed by atoms with van der Waals surface area (Å²) in [6.07, 6.45) is 0. The second-order valence-corrected chi connectivity index (χ2v) is 5.36. The van der Waals surface area contributed by atoms with Crippen molar-refractivity contribution in [3.8, 4) is 0 Å². The van der Waals surface area contributed by atoms with Gasteiger partial charge in [0, 0.05) is 31.1 Å². The Morgan fingerprint density at radius 2 is 1.50 bits per heavy atom. The Balaban J connectivity index is 0.000000178. The molecule has 0 unspecified atom stereocenters. The van der Waals surface area contributed by atoms with Crippen LogP contribution in [0.1, 0.15) is 5.56 Å². The first-order valence-electron chi connectivity index (χ1n) is 7.02. The van der Waals surface area contributed by atoms with Gasteiger partial charge < -0.3 is 10.2 Å². The van der Waals surface area contributed by atoms with Crippen molar-refractivity contribution in [1.82, 2.24) is 5.32 Å². The second kappa shape index (κ2) is 7.98. The number of nitrogens with one attached hydrogen (secondary N) is 1. The molecule has 1 N–H and O–H groups in total. The SMILES string of the molecule is Cc1ccccc1.Sc1ccccc1N1CCNCC1. The normalized spacial score (nSPS) is 14.4. The van der Waals surface area contributed by atoms with Gasteiger partial charge in [-0.25, -0.2) is 0 Å². The summed E-state index contributed by atoms with van der Waals surface area (Å²) < 4.78 is 0. The first kappa shape index (κ1) is 14.9. The molecule has 0 radical (unpaired) electrons. The Kier molecular flexibility index (Phi) is 5.96. The van der Waals surface area contributed by atoms with E-state index in [0.29, 0.717) is 0 Å². The van der Waals surface area contributed by atoms with Gasteiger partial charge in [-0.3, -0.25) is 0 Å². The summed E-state index contributed by atoms with van der Waals surface area (Å²) in [5, 5.41) is 3.34. The van der Waals surface area contributed by atoms with Gasteiger partial charge in [-0.1, -0.05) is 48.0 Å². The van der Waals surface area contributed by atoms with Crippen LogP contribution >= 0.6 is 12.6 Å². The predicted octanol–water partition coefficient (Wildman–Crippen LogP) is 3.38. The second-order valence-electron chi connectivity index (χ2n) is 4.88. The molecule has 1 aliphatic rings. The van der Waals surface area contributed by atoms with Crippen LogP contribution in [0.25, 0.3) is 0 Å². The lowest BCUT2D eigenvalue weighted by atomic mass is 10.2. The molecule has 2 aromatic carbocycles. The van der Waals surface area contributed by atoms with E-state index in [9.17, 15) is 0 Å². The first-order valence-corrected chi connectivity index (χ1v) is 7.47. The Bertz CT molecular complexity index is 507. The molecule has 0 spiro atoms. The van der Waals surface area contributed by atoms with E-state index in [1.54, 1.807) is 0 Å². The molecule has 0 atom stereocenters. The highest BCUT2D eigenvalue weighted by Crippen LogP contribution is 2.23. The molecule has 106 valence electrons. The molecule has 0 aliphatic carbocycles. The average Bonchev–Trinajstić information content (AvgIpc) is 2.50. The third kappa shape index (κ3) is 4.58. The molecule has 0 amide bonds. The fourth-order valence-corrected chi connectivity index (χ4v) is 2.47. The number of rotatable bonds is 1. The molecule has 0 aromatic heterocycles. The summed E-state index contributed by atoms with van der Waals surface area (Å²) in [5.74, 6) is 0. The fraction of sp³-hybridized carbons (Fsp3) is 0.294. The third-order valence-corrected chi connectivity index (χ3v) is 3.66. The molecule has 0 saturated carbocycles. The van der Waals surface area contributed by atoms with Crippen molar-refractivity contribution < 1.29 is 0 Å². The van der Waals surface area contributed by atoms with Crippen molar-refractivity contribution in [2.75, 3.05) is 31.1 Å². The van der Waals surface area contributed by atoms with E-state index in [4.69, 9.17) is 0 Å². The summed E-state index contributed by atoms with van der Waals surface area (Å²) in [5.41, 5.74) is 2.58. The molecule has 20 heavy (non-hydrogen) atoms. The number of anilines is 1. The van der Waals surface area contributed by atoms with Crippen molar-refractivity contribution in [2.45, 2.75) is 11.8 Å². The van der Waals surface area contributed by atoms with E-state index in [2.05, 4.69) is 54.0 Å². The van der Waals surface area contributed by atoms with E-state index >= 15 is 0 Å². The molecule has 2 nitrogen and oxygen atoms in total. The van der Waals surface area contributed by atoms with Crippen LogP contribution in [-0.4, -0.2) is 26.2 Å². The minimum absolute atomic E-state index is 1.07. The van der Waals surface area contributed by atoms with Gasteiger partial charge >= 0.3 is 0 Å². The lowest BCUT2D eigenvalue weighted by molar-refractivity contribution is 0.587. The topological polar surface area (TPSA) is 15.3 Å². The number of thiol groups is 1. The summed E-state index contributed by atoms with van der Waals surface area (Å²) in [7, 11) is 0. The van der Waals surface area contributed by atoms with Crippen LogP contribution in [0.4, 0.5) is 5.69 Å². The smallest absolute Gasteiger partial charge is 0.0502 e. The maximum Gasteiger partial charge on any atom is 0.0502 e. The molecule has 0 bridgehead atoms. The lowest BCUT2D eigenvalue weighted by Crippen LogP contribution is -2.43. The van der Waals surface area contributed by atoms with Gasteiger partial charge in [0.25, 0.3) is 0 Å². The Labute approximate surface area is 127 Å². The molecule has 2 aromatic rings. The third-order valence-electron chi connectivity index (χ3n) is 3.28. The van der Waals surface area contributed by atoms with Crippen LogP contribution in [0.15, 0.2) is 59.5 Å². The van der Waals surface area contributed by atoms with E-state index in [1.807, 2.05) is 30.3 Å². The zero-order valence-electron chi connectivity index (χ0n) is 11.9. The van der Waals surface area contributed by atoms with Crippen molar-refractivity contribution in [1.29, 1.82) is 0 Å². The molecular weight excluding hydrogens is 264 g/mol. The molecule has 3 heteroatoms. The quantitative estimate of drug-likeness (QED) is 0.781. The van der Waals surface area contributed by atoms with Gasteiger partial charge in [0.15, 0.2) is 0 Å². The zero-order chi connectivity index (χ0) is 14.2. The standard InChI is InChI=1S/C10H14N2S.C7H8/c13-10-4-2-1-3-9(10)12-7-5-11-6-8-12;1-7-5-3-2-4-6-7/h1-4,11,13H,5-8H2;2-6H,1H3. The summed E-state index contributed by atoms with van der Waals surface area (Å²) in [6, 6.07) is 18.5. The minimum atomic E-state index is 1.07. The van der Waals surface area contributed by atoms with E-state index in [-0.39, 0.29) is 0 Å². The number of hydrogen-bond donors (Lipinski definition) is 2. The van der Waals surface area contributed by atoms with Crippen molar-refractivity contribution in [3.63, 3.8) is 0 Å². The van der Waals surface area contributed by atoms with Crippen molar-refractivity contribution in [3.05, 3.63) is 60.2 Å². The Morgan fingerprint density at radius 3 is 2.05 bits per heavy atom. The van der Waals surface area contributed by atoms with Crippen LogP contribution in [0.5, 0.6) is 0 Å². The minimum Gasteiger partial charge on any atom is -0.368 e. The van der Waals surface area contributed by atoms with Crippen LogP contribution < -0.4 is 10.2 Å². The maximum absolute atomic E-state index is 4.45. The van der Waals surface area contributed by atoms with Gasteiger partial charge in [0.1, 0.15) is 0 Å². The molecular formula is C17H22N2S. The van der Waals surface area contributed by atoms with Gasteiger partial charge in [-0.15, -0.1) is 12.6 Å². The van der Waals surface area contributed by atoms with Crippen LogP contribution in [0.2, 0.25) is 0 Å². The number of para-hydroxylation sites is 1. The molecule has 1 fully saturated rings. The van der Waals surface area contributed by atoms with E-state index in [1.165, 1.54) is 11.3 Å². The van der Waals surface area contributed by atoms with Crippen LogP contribution in [-0.2, 0) is 0 Å². The summed E-state index contributed by atoms with van der Waals surface area (Å²) in [6.45, 7) is 6.39. The fourth-order valence-electron chi connectivity index (χ4n) is 2.17. The van der Waals surface area contributed by atoms with Crippen LogP contribution in [0.3, 0.4) is 0 Å². The van der Waals surface area contributed by atoms with E-state index in [0.717, 1.165) is 31.1 Å². The highest BCUT2D eigenvalue weighted by molar-refractivity contribution is 7.80. The van der Waals surface area contributed by atoms with Crippen LogP contribution in [0, 0.1) is 6.92 Å². The molecule has 1 heterocycles. The number of benzene rings is 2. The number of aryl methyl sites for hydroxylation is 1. The highest BCUT2D eigenvalue weighted by Gasteiger charge is 2.11. The van der Waals surface area contributed by atoms with Gasteiger partial charge in [0.2, 0.25) is 0 Å². The number of piperazine rings is 1. The summed E-state index contributed by atoms with van der Waals surface area (Å²) >= 11 is 4.45. The monoisotopic (exact) mass is 286 g/mol. The number of hydrogen-bond acceptors (Lipinski definition) is 3. The zero-order valence-corrected chi connectivity index (χ0v) is 12.8. The molecule has 3 rings (SSSR count). The van der Waals surface area contributed by atoms with Gasteiger partial charge in [0.05, 0.1) is 5.69 Å². The lowest BCUT2D eigenvalue weighted by Gasteiger charge is -2.30. The Morgan fingerprint density at radius 1 is 0.900 bits per heavy atom. The highest BCUT2D eigenvalue weighted by atomic mass is 32.1. The van der Waals surface area contributed by atoms with Crippen molar-refractivity contribution >= 4 is 18.3 Å². The van der Waals surface area contributed by atoms with Gasteiger partial charge in [-0.2, -0.15) is 0 Å². The Hall–Kier alpha value is -1.45. The average molecular weight is 286 g/mol. The van der Waals surface area contributed by atoms with Crippen molar-refractivity contribution in [2.24, 2.45) is 0 Å². The summed E-state index contributed by atoms with van der Waals surface area (Å²) in [4.78, 5) is 3.45. The predicted molar refractivity (Wildman–Crippen MR) is 90.0 cm³/mol. The largest absolute Gasteiger partial charge is 0.368 e. The number of nitrogens with zero attached hydrogens (tertiary/aromatic N) is 1. The maximum atomic E-state index is 4.45. The van der Waals surface area contributed by atoms with E-state index < -0.39 is 0 Å². The molecule has 1 aliphatic heterocycles. The molecule has 1 saturated heterocycles. The first-order chi connectivity index (χ1) is 9.77.